The number of hydrogen-bond donors (Lipinski definition) is 1. The Morgan fingerprint density at radius 3 is 2.46 bits per heavy atom. The minimum atomic E-state index is -1.38. The van der Waals surface area contributed by atoms with E-state index in [1.807, 2.05) is 0 Å². The standard InChI is InChI=1S/C18H17F2NO4S/c1-25-18(23)15(10-11-26(24)12-6-3-2-4-7-12)21-17(22)13-8-5-9-14(19)16(13)20/h2-9,15H,10-11H2,1H3,(H,21,22)/t15-,26+/m0/s1. The van der Waals surface area contributed by atoms with Crippen molar-refractivity contribution in [1.29, 1.82) is 0 Å². The zero-order valence-corrected chi connectivity index (χ0v) is 14.7. The summed E-state index contributed by atoms with van der Waals surface area (Å²) in [6.07, 6.45) is 0.0108. The van der Waals surface area contributed by atoms with Gasteiger partial charge in [-0.3, -0.25) is 9.00 Å². The minimum Gasteiger partial charge on any atom is -0.467 e. The number of ether oxygens (including phenoxy) is 1. The molecule has 1 amide bonds. The van der Waals surface area contributed by atoms with Crippen molar-refractivity contribution in [3.63, 3.8) is 0 Å². The van der Waals surface area contributed by atoms with Gasteiger partial charge in [0.05, 0.1) is 23.5 Å². The van der Waals surface area contributed by atoms with Crippen molar-refractivity contribution in [1.82, 2.24) is 5.32 Å². The molecule has 0 aliphatic carbocycles. The Labute approximate surface area is 151 Å². The number of halogens is 2. The van der Waals surface area contributed by atoms with Crippen LogP contribution in [0.15, 0.2) is 53.4 Å². The van der Waals surface area contributed by atoms with Crippen LogP contribution in [-0.4, -0.2) is 35.0 Å². The molecule has 1 N–H and O–H groups in total. The number of nitrogens with one attached hydrogen (secondary N) is 1. The quantitative estimate of drug-likeness (QED) is 0.748. The molecular weight excluding hydrogens is 364 g/mol. The predicted octanol–water partition coefficient (Wildman–Crippen LogP) is 2.43. The van der Waals surface area contributed by atoms with Crippen molar-refractivity contribution < 1.29 is 27.3 Å². The molecule has 0 heterocycles. The zero-order valence-electron chi connectivity index (χ0n) is 13.9. The molecule has 0 bridgehead atoms. The van der Waals surface area contributed by atoms with E-state index in [1.54, 1.807) is 30.3 Å². The second-order valence-electron chi connectivity index (χ2n) is 5.30. The van der Waals surface area contributed by atoms with Crippen LogP contribution in [0.3, 0.4) is 0 Å². The van der Waals surface area contributed by atoms with Crippen molar-refractivity contribution in [2.24, 2.45) is 0 Å². The molecule has 0 aliphatic rings. The van der Waals surface area contributed by atoms with Crippen molar-refractivity contribution in [2.75, 3.05) is 12.9 Å². The number of carbonyl (C=O) groups excluding carboxylic acids is 2. The number of esters is 1. The first-order valence-electron chi connectivity index (χ1n) is 7.70. The molecule has 5 nitrogen and oxygen atoms in total. The third-order valence-electron chi connectivity index (χ3n) is 3.59. The maximum absolute atomic E-state index is 13.7. The lowest BCUT2D eigenvalue weighted by Crippen LogP contribution is -2.42. The Morgan fingerprint density at radius 1 is 1.12 bits per heavy atom. The van der Waals surface area contributed by atoms with Gasteiger partial charge < -0.3 is 10.1 Å². The topological polar surface area (TPSA) is 72.5 Å². The highest BCUT2D eigenvalue weighted by Crippen LogP contribution is 2.13. The SMILES string of the molecule is COC(=O)[C@H](CC[S@@](=O)c1ccccc1)NC(=O)c1cccc(F)c1F. The van der Waals surface area contributed by atoms with Crippen molar-refractivity contribution in [3.05, 3.63) is 65.7 Å². The molecule has 8 heteroatoms. The molecule has 0 aromatic heterocycles. The Hall–Kier alpha value is -2.61. The molecule has 0 radical (unpaired) electrons. The maximum Gasteiger partial charge on any atom is 0.328 e. The number of benzene rings is 2. The van der Waals surface area contributed by atoms with E-state index in [-0.39, 0.29) is 12.2 Å². The summed E-state index contributed by atoms with van der Waals surface area (Å²) >= 11 is 0. The van der Waals surface area contributed by atoms with Crippen LogP contribution in [0.1, 0.15) is 16.8 Å². The molecule has 2 aromatic carbocycles. The van der Waals surface area contributed by atoms with E-state index in [9.17, 15) is 22.6 Å². The predicted molar refractivity (Wildman–Crippen MR) is 92.0 cm³/mol. The fourth-order valence-corrected chi connectivity index (χ4v) is 3.37. The van der Waals surface area contributed by atoms with Crippen molar-refractivity contribution in [3.8, 4) is 0 Å². The lowest BCUT2D eigenvalue weighted by atomic mass is 10.1. The molecule has 138 valence electrons. The van der Waals surface area contributed by atoms with Crippen LogP contribution >= 0.6 is 0 Å². The highest BCUT2D eigenvalue weighted by atomic mass is 32.2. The van der Waals surface area contributed by atoms with Crippen molar-refractivity contribution in [2.45, 2.75) is 17.4 Å². The second-order valence-corrected chi connectivity index (χ2v) is 6.87. The van der Waals surface area contributed by atoms with Crippen LogP contribution in [0.25, 0.3) is 0 Å². The van der Waals surface area contributed by atoms with Crippen LogP contribution in [0.5, 0.6) is 0 Å². The summed E-state index contributed by atoms with van der Waals surface area (Å²) < 4.78 is 43.8. The highest BCUT2D eigenvalue weighted by molar-refractivity contribution is 7.85. The van der Waals surface area contributed by atoms with E-state index < -0.39 is 45.9 Å². The smallest absolute Gasteiger partial charge is 0.328 e. The van der Waals surface area contributed by atoms with E-state index in [0.29, 0.717) is 4.90 Å². The average molecular weight is 381 g/mol. The lowest BCUT2D eigenvalue weighted by Gasteiger charge is -2.16. The molecule has 0 spiro atoms. The van der Waals surface area contributed by atoms with E-state index in [2.05, 4.69) is 10.1 Å². The summed E-state index contributed by atoms with van der Waals surface area (Å²) in [6.45, 7) is 0. The zero-order chi connectivity index (χ0) is 19.1. The van der Waals surface area contributed by atoms with Gasteiger partial charge in [0.25, 0.3) is 5.91 Å². The summed E-state index contributed by atoms with van der Waals surface area (Å²) in [5, 5.41) is 2.30. The monoisotopic (exact) mass is 381 g/mol. The minimum absolute atomic E-state index is 0.0108. The number of amides is 1. The fraction of sp³-hybridized carbons (Fsp3) is 0.222. The molecule has 2 aromatic rings. The van der Waals surface area contributed by atoms with E-state index in [1.165, 1.54) is 6.07 Å². The molecule has 26 heavy (non-hydrogen) atoms. The third kappa shape index (κ3) is 4.95. The first-order valence-corrected chi connectivity index (χ1v) is 9.02. The van der Waals surface area contributed by atoms with Gasteiger partial charge in [-0.05, 0) is 30.7 Å². The van der Waals surface area contributed by atoms with Crippen LogP contribution < -0.4 is 5.32 Å². The van der Waals surface area contributed by atoms with Gasteiger partial charge in [-0.25, -0.2) is 13.6 Å². The summed E-state index contributed by atoms with van der Waals surface area (Å²) in [4.78, 5) is 24.6. The Kier molecular flexibility index (Phi) is 6.97. The van der Waals surface area contributed by atoms with E-state index in [4.69, 9.17) is 0 Å². The van der Waals surface area contributed by atoms with Gasteiger partial charge in [0.15, 0.2) is 11.6 Å². The van der Waals surface area contributed by atoms with Crippen LogP contribution in [0, 0.1) is 11.6 Å². The van der Waals surface area contributed by atoms with E-state index in [0.717, 1.165) is 19.2 Å². The van der Waals surface area contributed by atoms with Gasteiger partial charge in [0, 0.05) is 10.6 Å². The average Bonchev–Trinajstić information content (AvgIpc) is 2.66. The first-order chi connectivity index (χ1) is 12.4. The van der Waals surface area contributed by atoms with E-state index >= 15 is 0 Å². The maximum atomic E-state index is 13.7. The summed E-state index contributed by atoms with van der Waals surface area (Å²) in [5.74, 6) is -4.11. The van der Waals surface area contributed by atoms with Crippen LogP contribution in [0.2, 0.25) is 0 Å². The van der Waals surface area contributed by atoms with Gasteiger partial charge in [-0.1, -0.05) is 24.3 Å². The van der Waals surface area contributed by atoms with Gasteiger partial charge in [0.1, 0.15) is 6.04 Å². The summed E-state index contributed by atoms with van der Waals surface area (Å²) in [5.41, 5.74) is -0.525. The molecular formula is C18H17F2NO4S. The largest absolute Gasteiger partial charge is 0.467 e. The van der Waals surface area contributed by atoms with Crippen LogP contribution in [0.4, 0.5) is 8.78 Å². The number of carbonyl (C=O) groups is 2. The van der Waals surface area contributed by atoms with Gasteiger partial charge in [-0.15, -0.1) is 0 Å². The number of hydrogen-bond acceptors (Lipinski definition) is 4. The molecule has 2 rings (SSSR count). The van der Waals surface area contributed by atoms with Gasteiger partial charge in [0.2, 0.25) is 0 Å². The highest BCUT2D eigenvalue weighted by Gasteiger charge is 2.25. The molecule has 0 saturated carbocycles. The molecule has 0 aliphatic heterocycles. The van der Waals surface area contributed by atoms with Crippen LogP contribution in [-0.2, 0) is 20.3 Å². The normalized spacial score (nSPS) is 12.9. The van der Waals surface area contributed by atoms with Gasteiger partial charge >= 0.3 is 5.97 Å². The Morgan fingerprint density at radius 2 is 1.81 bits per heavy atom. The summed E-state index contributed by atoms with van der Waals surface area (Å²) in [7, 11) is -0.246. The Balaban J connectivity index is 2.08. The first kappa shape index (κ1) is 19.7. The fourth-order valence-electron chi connectivity index (χ4n) is 2.22. The number of rotatable bonds is 7. The molecule has 0 unspecified atom stereocenters. The van der Waals surface area contributed by atoms with Crippen molar-refractivity contribution >= 4 is 22.7 Å². The summed E-state index contributed by atoms with van der Waals surface area (Å²) in [6, 6.07) is 10.7. The number of methoxy groups -OCH3 is 1. The van der Waals surface area contributed by atoms with Gasteiger partial charge in [-0.2, -0.15) is 0 Å². The second kappa shape index (κ2) is 9.19. The Bertz CT molecular complexity index is 814. The molecule has 2 atom stereocenters. The molecule has 0 saturated heterocycles. The lowest BCUT2D eigenvalue weighted by molar-refractivity contribution is -0.142. The third-order valence-corrected chi connectivity index (χ3v) is 4.99. The molecule has 0 fully saturated rings.